The second kappa shape index (κ2) is 18.8. The monoisotopic (exact) mass is 879 g/mol. The third-order valence-corrected chi connectivity index (χ3v) is 16.6. The maximum absolute atomic E-state index is 13.3. The van der Waals surface area contributed by atoms with Gasteiger partial charge in [-0.25, -0.2) is 4.79 Å². The van der Waals surface area contributed by atoms with Gasteiger partial charge in [-0.3, -0.25) is 4.79 Å². The van der Waals surface area contributed by atoms with E-state index in [9.17, 15) is 24.9 Å². The number of carbonyl (C=O) groups is 2. The predicted octanol–water partition coefficient (Wildman–Crippen LogP) is 4.69. The van der Waals surface area contributed by atoms with E-state index in [4.69, 9.17) is 47.4 Å². The molecule has 352 valence electrons. The lowest BCUT2D eigenvalue weighted by Crippen LogP contribution is -2.66. The van der Waals surface area contributed by atoms with Gasteiger partial charge in [0.05, 0.1) is 42.2 Å². The van der Waals surface area contributed by atoms with E-state index in [-0.39, 0.29) is 41.2 Å². The van der Waals surface area contributed by atoms with Gasteiger partial charge in [0.2, 0.25) is 0 Å². The lowest BCUT2D eigenvalue weighted by molar-refractivity contribution is -0.352. The third-order valence-electron chi connectivity index (χ3n) is 16.6. The minimum absolute atomic E-state index is 0.0391. The van der Waals surface area contributed by atoms with E-state index in [0.717, 1.165) is 19.3 Å². The number of aliphatic hydroxyl groups is 3. The molecule has 15 heteroatoms. The fourth-order valence-corrected chi connectivity index (χ4v) is 12.8. The molecule has 3 aliphatic heterocycles. The Labute approximate surface area is 367 Å². The molecule has 0 spiro atoms. The van der Waals surface area contributed by atoms with Gasteiger partial charge in [0, 0.05) is 51.1 Å². The Morgan fingerprint density at radius 3 is 2.00 bits per heavy atom. The van der Waals surface area contributed by atoms with Crippen molar-refractivity contribution in [3.8, 4) is 0 Å². The van der Waals surface area contributed by atoms with Crippen molar-refractivity contribution in [3.63, 3.8) is 0 Å². The lowest BCUT2D eigenvalue weighted by atomic mass is 9.45. The van der Waals surface area contributed by atoms with Crippen LogP contribution in [0.3, 0.4) is 0 Å². The zero-order valence-corrected chi connectivity index (χ0v) is 38.7. The SMILES string of the molecule is C/C=C(\C)C(=O)OC1C[C@H]2C(CC=C3C[C@@H](O[C@H]4C[C@H](OC)C(O[C@H]5C[C@H](OC)[C@H](O[C@@H]6O[C@H](C)[C@@H](O)[C@H](OC)[C@H]6O)[C@@H](C)O5)[C@@H](C)O4)CCC32C)[C@]2(O)CCC(C(C)=O)C12C. The number of aliphatic hydroxyl groups excluding tert-OH is 2. The normalized spacial score (nSPS) is 49.6. The molecule has 7 rings (SSSR count). The molecule has 6 unspecified atom stereocenters. The van der Waals surface area contributed by atoms with E-state index in [1.807, 2.05) is 27.7 Å². The molecule has 62 heavy (non-hydrogen) atoms. The van der Waals surface area contributed by atoms with E-state index in [1.165, 1.54) is 12.7 Å². The molecule has 4 aliphatic carbocycles. The minimum atomic E-state index is -1.22. The van der Waals surface area contributed by atoms with Crippen LogP contribution >= 0.6 is 0 Å². The van der Waals surface area contributed by atoms with Crippen LogP contribution in [-0.2, 0) is 57.0 Å². The lowest BCUT2D eigenvalue weighted by Gasteiger charge is -2.63. The number of methoxy groups -OCH3 is 3. The molecule has 0 amide bonds. The smallest absolute Gasteiger partial charge is 0.333 e. The standard InChI is InChI=1S/C47H74O15/c1-12-23(2)43(51)60-35-20-32-31(47(52)18-16-30(24(3)48)46(35,47)8)14-13-28-19-29(15-17-45(28,32)7)59-36-21-33(53-9)40(26(5)56-36)61-37-22-34(54-10)41(27(6)57-37)62-44-39(50)42(55-11)38(49)25(4)58-44/h12-13,25-27,29-42,44,49-50,52H,14-22H2,1-11H3/b23-12+/t25-,26-,27-,29+,30?,31?,32+,33+,34+,35?,36+,37+,38-,39-,40?,41-,42+,44+,45?,46?,47-/m1/s1. The molecule has 0 aromatic heterocycles. The highest BCUT2D eigenvalue weighted by Gasteiger charge is 2.71. The van der Waals surface area contributed by atoms with Crippen molar-refractivity contribution in [1.29, 1.82) is 0 Å². The zero-order valence-electron chi connectivity index (χ0n) is 38.7. The van der Waals surface area contributed by atoms with Gasteiger partial charge in [-0.1, -0.05) is 31.6 Å². The Morgan fingerprint density at radius 2 is 1.40 bits per heavy atom. The molecule has 6 fully saturated rings. The summed E-state index contributed by atoms with van der Waals surface area (Å²) in [5.41, 5.74) is -0.439. The average Bonchev–Trinajstić information content (AvgIpc) is 3.53. The highest BCUT2D eigenvalue weighted by Crippen LogP contribution is 2.68. The topological polar surface area (TPSA) is 187 Å². The summed E-state index contributed by atoms with van der Waals surface area (Å²) in [5, 5.41) is 34.1. The number of hydrogen-bond donors (Lipinski definition) is 3. The molecule has 21 atom stereocenters. The molecular formula is C47H74O15. The van der Waals surface area contributed by atoms with Gasteiger partial charge in [0.1, 0.15) is 42.4 Å². The van der Waals surface area contributed by atoms with E-state index >= 15 is 0 Å². The number of hydrogen-bond acceptors (Lipinski definition) is 15. The van der Waals surface area contributed by atoms with E-state index in [1.54, 1.807) is 41.1 Å². The average molecular weight is 879 g/mol. The number of allylic oxidation sites excluding steroid dienone is 2. The molecule has 0 aromatic carbocycles. The van der Waals surface area contributed by atoms with Gasteiger partial charge in [0.15, 0.2) is 18.9 Å². The number of carbonyl (C=O) groups excluding carboxylic acids is 2. The first-order valence-corrected chi connectivity index (χ1v) is 23.0. The first-order valence-electron chi connectivity index (χ1n) is 23.0. The quantitative estimate of drug-likeness (QED) is 0.139. The molecule has 3 saturated heterocycles. The molecule has 15 nitrogen and oxygen atoms in total. The summed E-state index contributed by atoms with van der Waals surface area (Å²) in [7, 11) is 4.68. The zero-order chi connectivity index (χ0) is 45.1. The predicted molar refractivity (Wildman–Crippen MR) is 223 cm³/mol. The van der Waals surface area contributed by atoms with Crippen LogP contribution in [0.2, 0.25) is 0 Å². The van der Waals surface area contributed by atoms with Crippen molar-refractivity contribution in [2.45, 2.75) is 211 Å². The fourth-order valence-electron chi connectivity index (χ4n) is 12.8. The Kier molecular flexibility index (Phi) is 14.6. The van der Waals surface area contributed by atoms with Crippen LogP contribution in [0.4, 0.5) is 0 Å². The Hall–Kier alpha value is -1.86. The van der Waals surface area contributed by atoms with E-state index < -0.39 is 96.9 Å². The summed E-state index contributed by atoms with van der Waals surface area (Å²) in [6.45, 7) is 15.0. The highest BCUT2D eigenvalue weighted by molar-refractivity contribution is 5.88. The van der Waals surface area contributed by atoms with Gasteiger partial charge in [-0.15, -0.1) is 0 Å². The second-order valence-corrected chi connectivity index (χ2v) is 19.8. The summed E-state index contributed by atoms with van der Waals surface area (Å²) in [6.07, 6.45) is 0.173. The van der Waals surface area contributed by atoms with Crippen LogP contribution in [0, 0.1) is 28.6 Å². The first-order chi connectivity index (χ1) is 29.3. The van der Waals surface area contributed by atoms with Gasteiger partial charge in [0.25, 0.3) is 0 Å². The highest BCUT2D eigenvalue weighted by atomic mass is 16.8. The number of rotatable bonds is 12. The molecular weight excluding hydrogens is 805 g/mol. The van der Waals surface area contributed by atoms with Crippen LogP contribution in [0.15, 0.2) is 23.3 Å². The maximum atomic E-state index is 13.3. The summed E-state index contributed by atoms with van der Waals surface area (Å²) in [6, 6.07) is 0. The molecule has 0 aromatic rings. The number of Topliss-reactive ketones (excluding diaryl/α,β-unsaturated/α-hetero) is 1. The Bertz CT molecular complexity index is 1670. The maximum Gasteiger partial charge on any atom is 0.333 e. The minimum Gasteiger partial charge on any atom is -0.458 e. The van der Waals surface area contributed by atoms with E-state index in [0.29, 0.717) is 44.1 Å². The summed E-state index contributed by atoms with van der Waals surface area (Å²) in [5.74, 6) is -0.727. The number of ether oxygens (including phenoxy) is 10. The Balaban J connectivity index is 0.980. The third kappa shape index (κ3) is 8.42. The first kappa shape index (κ1) is 48.1. The van der Waals surface area contributed by atoms with Gasteiger partial charge >= 0.3 is 5.97 Å². The molecule has 3 saturated carbocycles. The molecule has 3 N–H and O–H groups in total. The number of fused-ring (bicyclic) bond motifs is 5. The van der Waals surface area contributed by atoms with Crippen molar-refractivity contribution in [3.05, 3.63) is 23.3 Å². The fraction of sp³-hybridized carbons (Fsp3) is 0.872. The Morgan fingerprint density at radius 1 is 0.774 bits per heavy atom. The van der Waals surface area contributed by atoms with Gasteiger partial charge in [-0.2, -0.15) is 0 Å². The van der Waals surface area contributed by atoms with Crippen molar-refractivity contribution >= 4 is 11.8 Å². The largest absolute Gasteiger partial charge is 0.458 e. The van der Waals surface area contributed by atoms with Crippen LogP contribution in [0.25, 0.3) is 0 Å². The van der Waals surface area contributed by atoms with Crippen molar-refractivity contribution in [2.24, 2.45) is 28.6 Å². The van der Waals surface area contributed by atoms with Crippen molar-refractivity contribution < 1.29 is 72.3 Å². The second-order valence-electron chi connectivity index (χ2n) is 19.8. The molecule has 3 heterocycles. The van der Waals surface area contributed by atoms with Crippen molar-refractivity contribution in [1.82, 2.24) is 0 Å². The van der Waals surface area contributed by atoms with Crippen LogP contribution in [0.1, 0.15) is 113 Å². The summed E-state index contributed by atoms with van der Waals surface area (Å²) < 4.78 is 61.8. The molecule has 7 aliphatic rings. The van der Waals surface area contributed by atoms with E-state index in [2.05, 4.69) is 13.0 Å². The number of ketones is 1. The van der Waals surface area contributed by atoms with Crippen LogP contribution < -0.4 is 0 Å². The molecule has 0 radical (unpaired) electrons. The molecule has 0 bridgehead atoms. The van der Waals surface area contributed by atoms with Crippen LogP contribution in [0.5, 0.6) is 0 Å². The summed E-state index contributed by atoms with van der Waals surface area (Å²) in [4.78, 5) is 26.4. The van der Waals surface area contributed by atoms with Crippen LogP contribution in [-0.4, -0.2) is 146 Å². The van der Waals surface area contributed by atoms with Gasteiger partial charge in [-0.05, 0) is 104 Å². The summed E-state index contributed by atoms with van der Waals surface area (Å²) >= 11 is 0. The van der Waals surface area contributed by atoms with Crippen molar-refractivity contribution in [2.75, 3.05) is 21.3 Å². The number of esters is 1. The van der Waals surface area contributed by atoms with Gasteiger partial charge < -0.3 is 62.7 Å².